The van der Waals surface area contributed by atoms with Gasteiger partial charge in [-0.2, -0.15) is 4.31 Å². The molecule has 0 radical (unpaired) electrons. The van der Waals surface area contributed by atoms with Crippen molar-refractivity contribution < 1.29 is 17.9 Å². The minimum absolute atomic E-state index is 0.174. The van der Waals surface area contributed by atoms with Gasteiger partial charge in [0.25, 0.3) is 0 Å². The van der Waals surface area contributed by atoms with Crippen molar-refractivity contribution in [2.24, 2.45) is 0 Å². The van der Waals surface area contributed by atoms with Crippen LogP contribution in [0.2, 0.25) is 0 Å². The van der Waals surface area contributed by atoms with Crippen LogP contribution in [0.4, 0.5) is 5.69 Å². The number of methoxy groups -OCH3 is 2. The number of piperazine rings is 1. The predicted octanol–water partition coefficient (Wildman–Crippen LogP) is 2.78. The number of ether oxygens (including phenoxy) is 2. The van der Waals surface area contributed by atoms with E-state index in [2.05, 4.69) is 24.0 Å². The van der Waals surface area contributed by atoms with Gasteiger partial charge in [-0.25, -0.2) is 8.42 Å². The molecular formula is C20H26N2O4S. The SMILES string of the molecule is CCc1ccccc1N1CCN(S(=O)(=O)c2ccc(OC)cc2OC)CC1. The first-order valence-electron chi connectivity index (χ1n) is 9.06. The Bertz CT molecular complexity index is 891. The molecule has 0 aliphatic carbocycles. The van der Waals surface area contributed by atoms with Crippen LogP contribution in [0.15, 0.2) is 47.4 Å². The van der Waals surface area contributed by atoms with Crippen LogP contribution >= 0.6 is 0 Å². The summed E-state index contributed by atoms with van der Waals surface area (Å²) in [5.74, 6) is 0.861. The van der Waals surface area contributed by atoms with E-state index in [0.29, 0.717) is 37.7 Å². The third-order valence-electron chi connectivity index (χ3n) is 4.94. The van der Waals surface area contributed by atoms with Crippen LogP contribution in [0.1, 0.15) is 12.5 Å². The highest BCUT2D eigenvalue weighted by atomic mass is 32.2. The van der Waals surface area contributed by atoms with Crippen molar-refractivity contribution in [2.45, 2.75) is 18.2 Å². The normalized spacial score (nSPS) is 15.6. The number of para-hydroxylation sites is 1. The Morgan fingerprint density at radius 1 is 0.963 bits per heavy atom. The lowest BCUT2D eigenvalue weighted by molar-refractivity contribution is 0.370. The minimum Gasteiger partial charge on any atom is -0.497 e. The first-order chi connectivity index (χ1) is 13.0. The van der Waals surface area contributed by atoms with Crippen LogP contribution in [0, 0.1) is 0 Å². The number of hydrogen-bond acceptors (Lipinski definition) is 5. The zero-order valence-electron chi connectivity index (χ0n) is 16.0. The molecule has 0 bridgehead atoms. The molecule has 3 rings (SSSR count). The molecule has 6 nitrogen and oxygen atoms in total. The summed E-state index contributed by atoms with van der Waals surface area (Å²) in [6, 6.07) is 13.1. The van der Waals surface area contributed by atoms with E-state index < -0.39 is 10.0 Å². The Balaban J connectivity index is 1.79. The average Bonchev–Trinajstić information content (AvgIpc) is 2.73. The van der Waals surface area contributed by atoms with Crippen molar-refractivity contribution in [3.63, 3.8) is 0 Å². The quantitative estimate of drug-likeness (QED) is 0.759. The number of anilines is 1. The predicted molar refractivity (Wildman–Crippen MR) is 106 cm³/mol. The summed E-state index contributed by atoms with van der Waals surface area (Å²) in [6.45, 7) is 4.34. The van der Waals surface area contributed by atoms with E-state index in [1.165, 1.54) is 29.8 Å². The van der Waals surface area contributed by atoms with E-state index in [9.17, 15) is 8.42 Å². The summed E-state index contributed by atoms with van der Waals surface area (Å²) < 4.78 is 38.2. The number of aryl methyl sites for hydroxylation is 1. The summed E-state index contributed by atoms with van der Waals surface area (Å²) in [4.78, 5) is 2.43. The van der Waals surface area contributed by atoms with Crippen LogP contribution in [0.3, 0.4) is 0 Å². The smallest absolute Gasteiger partial charge is 0.246 e. The Kier molecular flexibility index (Phi) is 5.92. The van der Waals surface area contributed by atoms with Gasteiger partial charge in [-0.05, 0) is 30.2 Å². The molecule has 0 unspecified atom stereocenters. The van der Waals surface area contributed by atoms with Gasteiger partial charge in [0.2, 0.25) is 10.0 Å². The monoisotopic (exact) mass is 390 g/mol. The molecule has 2 aromatic carbocycles. The topological polar surface area (TPSA) is 59.1 Å². The molecule has 0 N–H and O–H groups in total. The second-order valence-corrected chi connectivity index (χ2v) is 8.30. The summed E-state index contributed by atoms with van der Waals surface area (Å²) in [7, 11) is -0.621. The maximum absolute atomic E-state index is 13.1. The number of benzene rings is 2. The van der Waals surface area contributed by atoms with Crippen LogP contribution in [0.5, 0.6) is 11.5 Å². The largest absolute Gasteiger partial charge is 0.497 e. The Morgan fingerprint density at radius 2 is 1.67 bits per heavy atom. The minimum atomic E-state index is -3.62. The Hall–Kier alpha value is -2.25. The van der Waals surface area contributed by atoms with Gasteiger partial charge < -0.3 is 14.4 Å². The summed E-state index contributed by atoms with van der Waals surface area (Å²) in [5.41, 5.74) is 2.48. The molecule has 7 heteroatoms. The number of hydrogen-bond donors (Lipinski definition) is 0. The van der Waals surface area contributed by atoms with Gasteiger partial charge in [-0.1, -0.05) is 25.1 Å². The molecule has 27 heavy (non-hydrogen) atoms. The number of rotatable bonds is 6. The van der Waals surface area contributed by atoms with Gasteiger partial charge in [0, 0.05) is 37.9 Å². The van der Waals surface area contributed by atoms with Crippen LogP contribution in [-0.4, -0.2) is 53.1 Å². The highest BCUT2D eigenvalue weighted by Crippen LogP contribution is 2.31. The molecule has 0 spiro atoms. The second kappa shape index (κ2) is 8.19. The van der Waals surface area contributed by atoms with Crippen LogP contribution in [0.25, 0.3) is 0 Å². The number of nitrogens with zero attached hydrogens (tertiary/aromatic N) is 2. The molecule has 0 saturated carbocycles. The van der Waals surface area contributed by atoms with Crippen molar-refractivity contribution in [1.82, 2.24) is 4.31 Å². The van der Waals surface area contributed by atoms with Gasteiger partial charge in [0.15, 0.2) is 0 Å². The Morgan fingerprint density at radius 3 is 2.30 bits per heavy atom. The molecule has 2 aromatic rings. The van der Waals surface area contributed by atoms with Crippen molar-refractivity contribution in [2.75, 3.05) is 45.3 Å². The van der Waals surface area contributed by atoms with Crippen LogP contribution < -0.4 is 14.4 Å². The molecule has 0 atom stereocenters. The molecule has 0 aromatic heterocycles. The second-order valence-electron chi connectivity index (χ2n) is 6.39. The van der Waals surface area contributed by atoms with E-state index in [1.54, 1.807) is 18.2 Å². The lowest BCUT2D eigenvalue weighted by Crippen LogP contribution is -2.49. The molecule has 1 saturated heterocycles. The summed E-state index contributed by atoms with van der Waals surface area (Å²) in [6.07, 6.45) is 0.956. The zero-order valence-corrected chi connectivity index (χ0v) is 16.8. The zero-order chi connectivity index (χ0) is 19.4. The van der Waals surface area contributed by atoms with Gasteiger partial charge in [0.1, 0.15) is 16.4 Å². The fourth-order valence-electron chi connectivity index (χ4n) is 3.41. The van der Waals surface area contributed by atoms with E-state index in [0.717, 1.165) is 6.42 Å². The standard InChI is InChI=1S/C20H26N2O4S/c1-4-16-7-5-6-8-18(16)21-11-13-22(14-12-21)27(23,24)20-10-9-17(25-2)15-19(20)26-3/h5-10,15H,4,11-14H2,1-3H3. The first-order valence-corrected chi connectivity index (χ1v) is 10.5. The maximum atomic E-state index is 13.1. The molecule has 0 amide bonds. The summed E-state index contributed by atoms with van der Waals surface area (Å²) in [5, 5.41) is 0. The number of sulfonamides is 1. The highest BCUT2D eigenvalue weighted by Gasteiger charge is 2.31. The lowest BCUT2D eigenvalue weighted by Gasteiger charge is -2.36. The molecule has 1 aliphatic rings. The van der Waals surface area contributed by atoms with Gasteiger partial charge in [-0.3, -0.25) is 0 Å². The lowest BCUT2D eigenvalue weighted by atomic mass is 10.1. The van der Waals surface area contributed by atoms with Crippen molar-refractivity contribution in [3.05, 3.63) is 48.0 Å². The van der Waals surface area contributed by atoms with E-state index >= 15 is 0 Å². The third kappa shape index (κ3) is 3.89. The fourth-order valence-corrected chi connectivity index (χ4v) is 4.97. The van der Waals surface area contributed by atoms with Gasteiger partial charge in [0.05, 0.1) is 14.2 Å². The maximum Gasteiger partial charge on any atom is 0.246 e. The molecule has 1 fully saturated rings. The third-order valence-corrected chi connectivity index (χ3v) is 6.88. The Labute approximate surface area is 161 Å². The van der Waals surface area contributed by atoms with Crippen molar-refractivity contribution in [3.8, 4) is 11.5 Å². The first kappa shape index (κ1) is 19.5. The van der Waals surface area contributed by atoms with Crippen LogP contribution in [-0.2, 0) is 16.4 Å². The van der Waals surface area contributed by atoms with Gasteiger partial charge >= 0.3 is 0 Å². The van der Waals surface area contributed by atoms with Crippen molar-refractivity contribution >= 4 is 15.7 Å². The highest BCUT2D eigenvalue weighted by molar-refractivity contribution is 7.89. The van der Waals surface area contributed by atoms with Gasteiger partial charge in [-0.15, -0.1) is 0 Å². The van der Waals surface area contributed by atoms with E-state index in [4.69, 9.17) is 9.47 Å². The molecule has 1 aliphatic heterocycles. The molecule has 146 valence electrons. The van der Waals surface area contributed by atoms with E-state index in [1.807, 2.05) is 12.1 Å². The van der Waals surface area contributed by atoms with E-state index in [-0.39, 0.29) is 4.90 Å². The molecular weight excluding hydrogens is 364 g/mol. The molecule has 1 heterocycles. The fraction of sp³-hybridized carbons (Fsp3) is 0.400. The van der Waals surface area contributed by atoms with Crippen molar-refractivity contribution in [1.29, 1.82) is 0 Å². The average molecular weight is 391 g/mol. The summed E-state index contributed by atoms with van der Waals surface area (Å²) >= 11 is 0.